The van der Waals surface area contributed by atoms with Crippen molar-refractivity contribution in [2.45, 2.75) is 19.4 Å². The highest BCUT2D eigenvalue weighted by Gasteiger charge is 2.25. The summed E-state index contributed by atoms with van der Waals surface area (Å²) in [4.78, 5) is 46.7. The van der Waals surface area contributed by atoms with Gasteiger partial charge in [-0.25, -0.2) is 0 Å². The summed E-state index contributed by atoms with van der Waals surface area (Å²) in [6, 6.07) is 10.6. The van der Waals surface area contributed by atoms with Crippen molar-refractivity contribution in [2.75, 3.05) is 5.32 Å². The largest absolute Gasteiger partial charge is 0.481 e. The number of carboxylic acid groups (broad SMARTS) is 1. The van der Waals surface area contributed by atoms with E-state index in [-0.39, 0.29) is 17.7 Å². The highest BCUT2D eigenvalue weighted by molar-refractivity contribution is 8.18. The maximum Gasteiger partial charge on any atom is 0.303 e. The number of carbonyl (C=O) groups excluding carboxylic acids is 3. The van der Waals surface area contributed by atoms with Gasteiger partial charge in [0.1, 0.15) is 0 Å². The average Bonchev–Trinajstić information content (AvgIpc) is 3.27. The first-order chi connectivity index (χ1) is 16.2. The molecule has 34 heavy (non-hydrogen) atoms. The van der Waals surface area contributed by atoms with E-state index in [1.807, 2.05) is 22.9 Å². The standard InChI is InChI=1S/C23H17Cl2N3O5S/c24-16-3-1-12(7-17(16)25)10-28-11-13(8-19-22(32)27-23(33)34-19)15-9-14(2-4-18(15)28)26-20(29)5-6-21(30)31/h1-4,7-9,11H,5-6,10H2,(H,26,29)(H,30,31)(H,27,32,33). The number of nitrogens with zero attached hydrogens (tertiary/aromatic N) is 1. The number of hydrogen-bond acceptors (Lipinski definition) is 5. The van der Waals surface area contributed by atoms with Crippen LogP contribution in [0.3, 0.4) is 0 Å². The number of nitrogens with one attached hydrogen (secondary N) is 2. The van der Waals surface area contributed by atoms with E-state index in [9.17, 15) is 19.2 Å². The normalized spacial score (nSPS) is 14.6. The predicted octanol–water partition coefficient (Wildman–Crippen LogP) is 5.12. The fraction of sp³-hybridized carbons (Fsp3) is 0.130. The zero-order valence-electron chi connectivity index (χ0n) is 17.4. The third kappa shape index (κ3) is 5.44. The summed E-state index contributed by atoms with van der Waals surface area (Å²) < 4.78 is 1.96. The van der Waals surface area contributed by atoms with E-state index in [0.717, 1.165) is 28.2 Å². The van der Waals surface area contributed by atoms with Gasteiger partial charge in [0.05, 0.1) is 21.4 Å². The third-order valence-electron chi connectivity index (χ3n) is 5.03. The molecule has 8 nitrogen and oxygen atoms in total. The molecule has 1 saturated heterocycles. The molecule has 1 fully saturated rings. The lowest BCUT2D eigenvalue weighted by atomic mass is 10.1. The summed E-state index contributed by atoms with van der Waals surface area (Å²) in [5.41, 5.74) is 2.87. The van der Waals surface area contributed by atoms with Crippen molar-refractivity contribution >= 4 is 80.7 Å². The third-order valence-corrected chi connectivity index (χ3v) is 6.58. The Hall–Kier alpha value is -3.27. The van der Waals surface area contributed by atoms with Crippen LogP contribution in [0.15, 0.2) is 47.5 Å². The minimum absolute atomic E-state index is 0.151. The molecule has 1 aromatic heterocycles. The first-order valence-electron chi connectivity index (χ1n) is 10.0. The van der Waals surface area contributed by atoms with Gasteiger partial charge in [0.2, 0.25) is 5.91 Å². The minimum Gasteiger partial charge on any atom is -0.481 e. The van der Waals surface area contributed by atoms with Crippen LogP contribution in [0, 0.1) is 0 Å². The number of carboxylic acids is 1. The van der Waals surface area contributed by atoms with Crippen LogP contribution in [0.25, 0.3) is 17.0 Å². The number of rotatable bonds is 7. The van der Waals surface area contributed by atoms with Crippen molar-refractivity contribution in [2.24, 2.45) is 0 Å². The van der Waals surface area contributed by atoms with Gasteiger partial charge in [-0.05, 0) is 53.7 Å². The van der Waals surface area contributed by atoms with Gasteiger partial charge in [0.25, 0.3) is 11.1 Å². The molecular weight excluding hydrogens is 501 g/mol. The molecule has 2 heterocycles. The number of thioether (sulfide) groups is 1. The average molecular weight is 518 g/mol. The molecule has 1 aliphatic rings. The van der Waals surface area contributed by atoms with Gasteiger partial charge >= 0.3 is 5.97 Å². The van der Waals surface area contributed by atoms with Crippen LogP contribution >= 0.6 is 35.0 Å². The number of aromatic nitrogens is 1. The van der Waals surface area contributed by atoms with Gasteiger partial charge in [0.15, 0.2) is 0 Å². The van der Waals surface area contributed by atoms with Crippen LogP contribution in [0.1, 0.15) is 24.0 Å². The molecule has 1 aliphatic heterocycles. The van der Waals surface area contributed by atoms with Crippen LogP contribution in [-0.4, -0.2) is 32.7 Å². The molecule has 3 N–H and O–H groups in total. The van der Waals surface area contributed by atoms with Gasteiger partial charge in [-0.2, -0.15) is 0 Å². The summed E-state index contributed by atoms with van der Waals surface area (Å²) in [7, 11) is 0. The number of anilines is 1. The monoisotopic (exact) mass is 517 g/mol. The molecule has 2 aromatic carbocycles. The molecule has 4 rings (SSSR count). The van der Waals surface area contributed by atoms with Crippen molar-refractivity contribution < 1.29 is 24.3 Å². The van der Waals surface area contributed by atoms with E-state index in [0.29, 0.717) is 27.8 Å². The SMILES string of the molecule is O=C(O)CCC(=O)Nc1ccc2c(c1)c(C=C1SC(=O)NC1=O)cn2Cc1ccc(Cl)c(Cl)c1. The minimum atomic E-state index is -1.05. The zero-order chi connectivity index (χ0) is 24.4. The molecule has 11 heteroatoms. The fourth-order valence-electron chi connectivity index (χ4n) is 3.49. The number of amides is 3. The van der Waals surface area contributed by atoms with Crippen LogP contribution in [0.2, 0.25) is 10.0 Å². The highest BCUT2D eigenvalue weighted by atomic mass is 35.5. The van der Waals surface area contributed by atoms with E-state index in [1.54, 1.807) is 30.3 Å². The first kappa shape index (κ1) is 23.9. The fourth-order valence-corrected chi connectivity index (χ4v) is 4.48. The Morgan fingerprint density at radius 2 is 1.88 bits per heavy atom. The molecule has 0 unspecified atom stereocenters. The molecule has 0 radical (unpaired) electrons. The second-order valence-corrected chi connectivity index (χ2v) is 9.32. The van der Waals surface area contributed by atoms with E-state index >= 15 is 0 Å². The topological polar surface area (TPSA) is 118 Å². The van der Waals surface area contributed by atoms with Crippen LogP contribution < -0.4 is 10.6 Å². The Balaban J connectivity index is 1.72. The first-order valence-corrected chi connectivity index (χ1v) is 11.6. The number of carbonyl (C=O) groups is 4. The van der Waals surface area contributed by atoms with Gasteiger partial charge < -0.3 is 15.0 Å². The highest BCUT2D eigenvalue weighted by Crippen LogP contribution is 2.32. The molecule has 0 aliphatic carbocycles. The predicted molar refractivity (Wildman–Crippen MR) is 132 cm³/mol. The second kappa shape index (κ2) is 9.92. The molecule has 0 bridgehead atoms. The number of benzene rings is 2. The Labute approximate surface area is 207 Å². The maximum atomic E-state index is 12.1. The molecule has 0 saturated carbocycles. The molecule has 3 amide bonds. The van der Waals surface area contributed by atoms with Gasteiger partial charge in [-0.3, -0.25) is 24.5 Å². The molecule has 0 spiro atoms. The molecule has 0 atom stereocenters. The second-order valence-electron chi connectivity index (χ2n) is 7.49. The molecule has 174 valence electrons. The molecular formula is C23H17Cl2N3O5S. The summed E-state index contributed by atoms with van der Waals surface area (Å²) in [5.74, 6) is -1.95. The Morgan fingerprint density at radius 1 is 1.09 bits per heavy atom. The Bertz CT molecular complexity index is 1380. The van der Waals surface area contributed by atoms with Crippen LogP contribution in [-0.2, 0) is 20.9 Å². The van der Waals surface area contributed by atoms with Crippen molar-refractivity contribution in [1.82, 2.24) is 9.88 Å². The van der Waals surface area contributed by atoms with E-state index in [1.165, 1.54) is 0 Å². The zero-order valence-corrected chi connectivity index (χ0v) is 19.8. The number of imide groups is 1. The van der Waals surface area contributed by atoms with E-state index in [4.69, 9.17) is 28.3 Å². The number of fused-ring (bicyclic) bond motifs is 1. The van der Waals surface area contributed by atoms with Crippen molar-refractivity contribution in [3.05, 3.63) is 68.7 Å². The van der Waals surface area contributed by atoms with Gasteiger partial charge in [0, 0.05) is 41.3 Å². The van der Waals surface area contributed by atoms with Gasteiger partial charge in [-0.15, -0.1) is 0 Å². The van der Waals surface area contributed by atoms with Crippen molar-refractivity contribution in [3.63, 3.8) is 0 Å². The summed E-state index contributed by atoms with van der Waals surface area (Å²) in [5, 5.41) is 14.9. The lowest BCUT2D eigenvalue weighted by molar-refractivity contribution is -0.138. The van der Waals surface area contributed by atoms with Crippen molar-refractivity contribution in [3.8, 4) is 0 Å². The number of halogens is 2. The lowest BCUT2D eigenvalue weighted by Gasteiger charge is -2.08. The van der Waals surface area contributed by atoms with E-state index in [2.05, 4.69) is 10.6 Å². The Morgan fingerprint density at radius 3 is 2.56 bits per heavy atom. The van der Waals surface area contributed by atoms with Crippen molar-refractivity contribution in [1.29, 1.82) is 0 Å². The van der Waals surface area contributed by atoms with Gasteiger partial charge in [-0.1, -0.05) is 29.3 Å². The van der Waals surface area contributed by atoms with Crippen LogP contribution in [0.4, 0.5) is 10.5 Å². The number of aliphatic carboxylic acids is 1. The van der Waals surface area contributed by atoms with Crippen LogP contribution in [0.5, 0.6) is 0 Å². The van der Waals surface area contributed by atoms with E-state index < -0.39 is 23.0 Å². The maximum absolute atomic E-state index is 12.1. The smallest absolute Gasteiger partial charge is 0.303 e. The number of hydrogen-bond donors (Lipinski definition) is 3. The quantitative estimate of drug-likeness (QED) is 0.374. The Kier molecular flexibility index (Phi) is 6.97. The summed E-state index contributed by atoms with van der Waals surface area (Å²) in [6.45, 7) is 0.457. The lowest BCUT2D eigenvalue weighted by Crippen LogP contribution is -2.17. The summed E-state index contributed by atoms with van der Waals surface area (Å²) in [6.07, 6.45) is 3.04. The molecule has 3 aromatic rings. The summed E-state index contributed by atoms with van der Waals surface area (Å²) >= 11 is 13.0.